The number of thiazole rings is 1. The van der Waals surface area contributed by atoms with Crippen molar-refractivity contribution in [2.45, 2.75) is 57.2 Å². The van der Waals surface area contributed by atoms with Crippen molar-refractivity contribution in [1.29, 1.82) is 0 Å². The number of nitrogens with zero attached hydrogens (tertiary/aromatic N) is 4. The van der Waals surface area contributed by atoms with Crippen LogP contribution in [0, 0.1) is 5.92 Å². The van der Waals surface area contributed by atoms with Crippen LogP contribution < -0.4 is 10.1 Å². The molecule has 0 atom stereocenters. The first-order chi connectivity index (χ1) is 17.7. The highest BCUT2D eigenvalue weighted by Gasteiger charge is 2.30. The first-order valence-corrected chi connectivity index (χ1v) is 13.7. The molecule has 11 heteroatoms. The molecule has 0 bridgehead atoms. The number of aryl methyl sites for hydroxylation is 1. The van der Waals surface area contributed by atoms with Gasteiger partial charge in [0.25, 0.3) is 11.1 Å². The van der Waals surface area contributed by atoms with Crippen LogP contribution in [-0.2, 0) is 19.9 Å². The summed E-state index contributed by atoms with van der Waals surface area (Å²) >= 11 is 1.24. The van der Waals surface area contributed by atoms with Crippen molar-refractivity contribution < 1.29 is 22.7 Å². The Morgan fingerprint density at radius 2 is 1.97 bits per heavy atom. The number of benzene rings is 1. The van der Waals surface area contributed by atoms with E-state index in [1.54, 1.807) is 4.68 Å². The third kappa shape index (κ3) is 6.81. The number of aromatic nitrogens is 3. The van der Waals surface area contributed by atoms with Gasteiger partial charge in [0, 0.05) is 54.6 Å². The molecule has 37 heavy (non-hydrogen) atoms. The van der Waals surface area contributed by atoms with Gasteiger partial charge in [-0.2, -0.15) is 18.3 Å². The van der Waals surface area contributed by atoms with E-state index < -0.39 is 12.8 Å². The number of carbonyl (C=O) groups is 1. The lowest BCUT2D eigenvalue weighted by molar-refractivity contribution is -0.153. The lowest BCUT2D eigenvalue weighted by Gasteiger charge is -2.30. The Morgan fingerprint density at radius 1 is 1.19 bits per heavy atom. The van der Waals surface area contributed by atoms with E-state index in [1.165, 1.54) is 11.3 Å². The standard InChI is InChI=1S/C26H32F3N5O2S/c1-33-15-19-5-4-18(14-22(19)32-33)24(35)30-20-6-2-17(3-7-20)8-11-34-12-9-21-23(10-13-34)37-25(31-21)36-16-26(27,28)29/h4-5,14-15,17,20H,2-3,6-13,16H2,1H3,(H,30,35). The number of hydrogen-bond acceptors (Lipinski definition) is 6. The maximum absolute atomic E-state index is 12.8. The summed E-state index contributed by atoms with van der Waals surface area (Å²) in [5, 5.41) is 8.75. The summed E-state index contributed by atoms with van der Waals surface area (Å²) in [7, 11) is 1.87. The molecule has 1 amide bonds. The molecule has 1 aliphatic heterocycles. The molecule has 1 N–H and O–H groups in total. The maximum Gasteiger partial charge on any atom is 0.422 e. The van der Waals surface area contributed by atoms with Crippen molar-refractivity contribution in [1.82, 2.24) is 25.0 Å². The van der Waals surface area contributed by atoms with Gasteiger partial charge in [0.05, 0.1) is 11.2 Å². The maximum atomic E-state index is 12.8. The van der Waals surface area contributed by atoms with Crippen LogP contribution in [0.15, 0.2) is 24.4 Å². The van der Waals surface area contributed by atoms with Gasteiger partial charge in [-0.25, -0.2) is 4.98 Å². The minimum absolute atomic E-state index is 0.0337. The van der Waals surface area contributed by atoms with Gasteiger partial charge in [-0.05, 0) is 63.1 Å². The third-order valence-corrected chi connectivity index (χ3v) is 8.43. The van der Waals surface area contributed by atoms with E-state index >= 15 is 0 Å². The smallest absolute Gasteiger partial charge is 0.422 e. The minimum Gasteiger partial charge on any atom is -0.460 e. The average molecular weight is 536 g/mol. The zero-order valence-electron chi connectivity index (χ0n) is 20.9. The molecule has 1 saturated carbocycles. The normalized spacial score (nSPS) is 21.0. The first kappa shape index (κ1) is 26.0. The van der Waals surface area contributed by atoms with Crippen molar-refractivity contribution in [2.24, 2.45) is 13.0 Å². The van der Waals surface area contributed by atoms with Crippen molar-refractivity contribution >= 4 is 28.1 Å². The summed E-state index contributed by atoms with van der Waals surface area (Å²) < 4.78 is 43.8. The number of fused-ring (bicyclic) bond motifs is 2. The fourth-order valence-corrected chi connectivity index (χ4v) is 6.27. The van der Waals surface area contributed by atoms with E-state index in [0.717, 1.165) is 86.1 Å². The molecule has 3 heterocycles. The van der Waals surface area contributed by atoms with Gasteiger partial charge in [-0.3, -0.25) is 9.48 Å². The Bertz CT molecular complexity index is 1210. The topological polar surface area (TPSA) is 72.3 Å². The second kappa shape index (κ2) is 11.0. The lowest BCUT2D eigenvalue weighted by Crippen LogP contribution is -2.38. The van der Waals surface area contributed by atoms with E-state index in [9.17, 15) is 18.0 Å². The zero-order valence-corrected chi connectivity index (χ0v) is 21.7. The summed E-state index contributed by atoms with van der Waals surface area (Å²) in [4.78, 5) is 20.5. The Kier molecular flexibility index (Phi) is 7.71. The predicted octanol–water partition coefficient (Wildman–Crippen LogP) is 4.75. The van der Waals surface area contributed by atoms with Crippen LogP contribution in [0.5, 0.6) is 5.19 Å². The average Bonchev–Trinajstić information content (AvgIpc) is 3.38. The summed E-state index contributed by atoms with van der Waals surface area (Å²) in [5.74, 6) is 0.615. The number of amides is 1. The molecule has 0 spiro atoms. The fourth-order valence-electron chi connectivity index (χ4n) is 5.32. The van der Waals surface area contributed by atoms with Gasteiger partial charge in [0.2, 0.25) is 0 Å². The van der Waals surface area contributed by atoms with Gasteiger partial charge >= 0.3 is 6.18 Å². The molecular weight excluding hydrogens is 503 g/mol. The molecule has 0 saturated heterocycles. The molecular formula is C26H32F3N5O2S. The Labute approximate surface area is 218 Å². The molecule has 3 aromatic rings. The number of carbonyl (C=O) groups excluding carboxylic acids is 1. The summed E-state index contributed by atoms with van der Waals surface area (Å²) in [6.45, 7) is 1.47. The largest absolute Gasteiger partial charge is 0.460 e. The van der Waals surface area contributed by atoms with Crippen LogP contribution >= 0.6 is 11.3 Å². The van der Waals surface area contributed by atoms with E-state index in [2.05, 4.69) is 20.3 Å². The number of nitrogens with one attached hydrogen (secondary N) is 1. The molecule has 1 aliphatic carbocycles. The van der Waals surface area contributed by atoms with Crippen molar-refractivity contribution in [2.75, 3.05) is 26.2 Å². The second-order valence-electron chi connectivity index (χ2n) is 10.2. The molecule has 7 nitrogen and oxygen atoms in total. The van der Waals surface area contributed by atoms with E-state index in [-0.39, 0.29) is 17.1 Å². The van der Waals surface area contributed by atoms with Crippen LogP contribution in [-0.4, -0.2) is 64.0 Å². The summed E-state index contributed by atoms with van der Waals surface area (Å²) in [6.07, 6.45) is 4.44. The first-order valence-electron chi connectivity index (χ1n) is 12.9. The van der Waals surface area contributed by atoms with Crippen LogP contribution in [0.4, 0.5) is 13.2 Å². The van der Waals surface area contributed by atoms with Crippen molar-refractivity contribution in [3.8, 4) is 5.19 Å². The van der Waals surface area contributed by atoms with Gasteiger partial charge < -0.3 is 15.0 Å². The van der Waals surface area contributed by atoms with Gasteiger partial charge in [0.15, 0.2) is 6.61 Å². The van der Waals surface area contributed by atoms with Gasteiger partial charge in [-0.1, -0.05) is 17.4 Å². The molecule has 0 radical (unpaired) electrons. The predicted molar refractivity (Wildman–Crippen MR) is 136 cm³/mol. The highest BCUT2D eigenvalue weighted by atomic mass is 32.1. The molecule has 1 aromatic carbocycles. The highest BCUT2D eigenvalue weighted by molar-refractivity contribution is 7.13. The quantitative estimate of drug-likeness (QED) is 0.473. The number of ether oxygens (including phenoxy) is 1. The van der Waals surface area contributed by atoms with E-state index in [0.29, 0.717) is 11.5 Å². The second-order valence-corrected chi connectivity index (χ2v) is 11.2. The fraction of sp³-hybridized carbons (Fsp3) is 0.577. The zero-order chi connectivity index (χ0) is 26.0. The molecule has 5 rings (SSSR count). The summed E-state index contributed by atoms with van der Waals surface area (Å²) in [5.41, 5.74) is 2.35. The van der Waals surface area contributed by atoms with E-state index in [4.69, 9.17) is 4.74 Å². The van der Waals surface area contributed by atoms with Crippen LogP contribution in [0.3, 0.4) is 0 Å². The Hall–Kier alpha value is -2.66. The molecule has 200 valence electrons. The number of alkyl halides is 3. The third-order valence-electron chi connectivity index (χ3n) is 7.36. The van der Waals surface area contributed by atoms with E-state index in [1.807, 2.05) is 31.4 Å². The number of hydrogen-bond donors (Lipinski definition) is 1. The number of halogens is 3. The molecule has 0 unspecified atom stereocenters. The lowest BCUT2D eigenvalue weighted by atomic mass is 9.84. The van der Waals surface area contributed by atoms with Crippen LogP contribution in [0.1, 0.15) is 53.0 Å². The highest BCUT2D eigenvalue weighted by Crippen LogP contribution is 2.31. The number of rotatable bonds is 7. The van der Waals surface area contributed by atoms with Gasteiger partial charge in [-0.15, -0.1) is 0 Å². The Morgan fingerprint density at radius 3 is 2.76 bits per heavy atom. The molecule has 2 aliphatic rings. The van der Waals surface area contributed by atoms with Crippen molar-refractivity contribution in [3.63, 3.8) is 0 Å². The van der Waals surface area contributed by atoms with Crippen LogP contribution in [0.2, 0.25) is 0 Å². The minimum atomic E-state index is -4.35. The molecule has 1 fully saturated rings. The van der Waals surface area contributed by atoms with Crippen molar-refractivity contribution in [3.05, 3.63) is 40.5 Å². The molecule has 2 aromatic heterocycles. The van der Waals surface area contributed by atoms with Crippen LogP contribution in [0.25, 0.3) is 10.9 Å². The summed E-state index contributed by atoms with van der Waals surface area (Å²) in [6, 6.07) is 5.85. The Balaban J connectivity index is 1.03. The SMILES string of the molecule is Cn1cc2ccc(C(=O)NC3CCC(CCN4CCc5nc(OCC(F)(F)F)sc5CC4)CC3)cc2n1. The monoisotopic (exact) mass is 535 g/mol. The van der Waals surface area contributed by atoms with Gasteiger partial charge in [0.1, 0.15) is 0 Å².